The van der Waals surface area contributed by atoms with Crippen LogP contribution in [0.15, 0.2) is 18.2 Å². The first-order valence-electron chi connectivity index (χ1n) is 6.02. The van der Waals surface area contributed by atoms with Crippen LogP contribution < -0.4 is 4.74 Å². The number of ether oxygens (including phenoxy) is 1. The molecule has 2 heteroatoms. The van der Waals surface area contributed by atoms with Crippen LogP contribution in [0.1, 0.15) is 49.1 Å². The molecular weight excluding hydrogens is 200 g/mol. The quantitative estimate of drug-likeness (QED) is 0.725. The fraction of sp³-hybridized carbons (Fsp3) is 0.500. The number of carbonyl (C=O) groups excluding carboxylic acids is 1. The van der Waals surface area contributed by atoms with Crippen molar-refractivity contribution in [3.63, 3.8) is 0 Å². The van der Waals surface area contributed by atoms with Crippen molar-refractivity contribution in [1.29, 1.82) is 0 Å². The fourth-order valence-corrected chi connectivity index (χ4v) is 2.72. The lowest BCUT2D eigenvalue weighted by atomic mass is 9.82. The monoisotopic (exact) mass is 218 g/mol. The Kier molecular flexibility index (Phi) is 3.60. The Morgan fingerprint density at radius 3 is 2.69 bits per heavy atom. The summed E-state index contributed by atoms with van der Waals surface area (Å²) in [5.74, 6) is 1.33. The van der Waals surface area contributed by atoms with Gasteiger partial charge in [-0.15, -0.1) is 0 Å². The number of rotatable bonds is 3. The molecular formula is C14H18O2. The first-order valence-corrected chi connectivity index (χ1v) is 6.02. The van der Waals surface area contributed by atoms with Crippen molar-refractivity contribution in [3.8, 4) is 5.75 Å². The third-order valence-corrected chi connectivity index (χ3v) is 3.47. The number of aryl methyl sites for hydroxylation is 1. The van der Waals surface area contributed by atoms with Crippen LogP contribution in [0.2, 0.25) is 0 Å². The van der Waals surface area contributed by atoms with Crippen molar-refractivity contribution in [2.24, 2.45) is 0 Å². The van der Waals surface area contributed by atoms with Crippen molar-refractivity contribution < 1.29 is 9.53 Å². The van der Waals surface area contributed by atoms with E-state index in [2.05, 4.69) is 13.0 Å². The van der Waals surface area contributed by atoms with Crippen LogP contribution in [0.4, 0.5) is 0 Å². The highest BCUT2D eigenvalue weighted by Gasteiger charge is 2.20. The predicted molar refractivity (Wildman–Crippen MR) is 63.7 cm³/mol. The molecule has 0 radical (unpaired) electrons. The van der Waals surface area contributed by atoms with Gasteiger partial charge in [-0.25, -0.2) is 0 Å². The molecule has 0 spiro atoms. The second-order valence-electron chi connectivity index (χ2n) is 4.54. The maximum Gasteiger partial charge on any atom is 0.298 e. The van der Waals surface area contributed by atoms with Gasteiger partial charge in [0, 0.05) is 5.56 Å². The largest absolute Gasteiger partial charge is 0.428 e. The molecule has 1 aromatic carbocycles. The van der Waals surface area contributed by atoms with Crippen LogP contribution in [-0.2, 0) is 4.79 Å². The molecule has 1 aliphatic rings. The highest BCUT2D eigenvalue weighted by molar-refractivity contribution is 5.51. The third kappa shape index (κ3) is 2.26. The van der Waals surface area contributed by atoms with Crippen LogP contribution in [0.5, 0.6) is 5.75 Å². The Morgan fingerprint density at radius 1 is 1.25 bits per heavy atom. The van der Waals surface area contributed by atoms with E-state index in [9.17, 15) is 4.79 Å². The van der Waals surface area contributed by atoms with E-state index in [0.29, 0.717) is 12.4 Å². The van der Waals surface area contributed by atoms with Crippen LogP contribution >= 0.6 is 0 Å². The average Bonchev–Trinajstić information content (AvgIpc) is 2.31. The zero-order valence-electron chi connectivity index (χ0n) is 9.74. The van der Waals surface area contributed by atoms with Crippen molar-refractivity contribution in [3.05, 3.63) is 29.3 Å². The lowest BCUT2D eigenvalue weighted by Crippen LogP contribution is -2.08. The fourth-order valence-electron chi connectivity index (χ4n) is 2.72. The Balaban J connectivity index is 2.31. The van der Waals surface area contributed by atoms with Crippen molar-refractivity contribution in [2.45, 2.75) is 44.9 Å². The molecule has 1 fully saturated rings. The number of hydrogen-bond acceptors (Lipinski definition) is 2. The summed E-state index contributed by atoms with van der Waals surface area (Å²) in [6.45, 7) is 2.63. The summed E-state index contributed by atoms with van der Waals surface area (Å²) in [6.07, 6.45) is 6.37. The van der Waals surface area contributed by atoms with Gasteiger partial charge in [0.1, 0.15) is 5.75 Å². The average molecular weight is 218 g/mol. The zero-order chi connectivity index (χ0) is 11.4. The molecule has 1 aromatic rings. The van der Waals surface area contributed by atoms with Crippen molar-refractivity contribution >= 4 is 6.47 Å². The van der Waals surface area contributed by atoms with E-state index in [-0.39, 0.29) is 0 Å². The summed E-state index contributed by atoms with van der Waals surface area (Å²) in [7, 11) is 0. The molecule has 0 unspecified atom stereocenters. The molecule has 0 amide bonds. The van der Waals surface area contributed by atoms with Gasteiger partial charge in [-0.2, -0.15) is 0 Å². The Morgan fingerprint density at radius 2 is 2.00 bits per heavy atom. The van der Waals surface area contributed by atoms with Gasteiger partial charge >= 0.3 is 0 Å². The topological polar surface area (TPSA) is 26.3 Å². The standard InChI is InChI=1S/C14H18O2/c1-11-6-5-9-13(16-10-15)14(11)12-7-3-2-4-8-12/h5-6,9-10,12H,2-4,7-8H2,1H3. The van der Waals surface area contributed by atoms with E-state index in [4.69, 9.17) is 4.74 Å². The van der Waals surface area contributed by atoms with E-state index < -0.39 is 0 Å². The van der Waals surface area contributed by atoms with Gasteiger partial charge in [0.2, 0.25) is 0 Å². The van der Waals surface area contributed by atoms with Gasteiger partial charge in [-0.05, 0) is 37.3 Å². The van der Waals surface area contributed by atoms with E-state index >= 15 is 0 Å². The van der Waals surface area contributed by atoms with Crippen LogP contribution in [0, 0.1) is 6.92 Å². The molecule has 0 saturated heterocycles. The van der Waals surface area contributed by atoms with Crippen molar-refractivity contribution in [1.82, 2.24) is 0 Å². The second kappa shape index (κ2) is 5.15. The minimum atomic E-state index is 0.529. The van der Waals surface area contributed by atoms with Crippen LogP contribution in [-0.4, -0.2) is 6.47 Å². The maximum atomic E-state index is 10.5. The maximum absolute atomic E-state index is 10.5. The smallest absolute Gasteiger partial charge is 0.298 e. The molecule has 0 aliphatic heterocycles. The van der Waals surface area contributed by atoms with E-state index in [1.165, 1.54) is 43.2 Å². The first kappa shape index (κ1) is 11.2. The molecule has 1 saturated carbocycles. The van der Waals surface area contributed by atoms with Crippen molar-refractivity contribution in [2.75, 3.05) is 0 Å². The Hall–Kier alpha value is -1.31. The molecule has 0 aromatic heterocycles. The molecule has 0 bridgehead atoms. The summed E-state index contributed by atoms with van der Waals surface area (Å²) >= 11 is 0. The molecule has 86 valence electrons. The number of hydrogen-bond donors (Lipinski definition) is 0. The summed E-state index contributed by atoms with van der Waals surface area (Å²) < 4.78 is 5.09. The summed E-state index contributed by atoms with van der Waals surface area (Å²) in [5, 5.41) is 0. The number of carbonyl (C=O) groups is 1. The minimum Gasteiger partial charge on any atom is -0.428 e. The molecule has 0 heterocycles. The van der Waals surface area contributed by atoms with Gasteiger partial charge in [0.25, 0.3) is 6.47 Å². The van der Waals surface area contributed by atoms with Gasteiger partial charge in [-0.1, -0.05) is 31.4 Å². The Labute approximate surface area is 96.6 Å². The number of benzene rings is 1. The van der Waals surface area contributed by atoms with E-state index in [1.54, 1.807) is 0 Å². The first-order chi connectivity index (χ1) is 7.83. The molecule has 2 nitrogen and oxygen atoms in total. The third-order valence-electron chi connectivity index (χ3n) is 3.47. The van der Waals surface area contributed by atoms with Crippen LogP contribution in [0.25, 0.3) is 0 Å². The lowest BCUT2D eigenvalue weighted by Gasteiger charge is -2.25. The molecule has 0 N–H and O–H groups in total. The molecule has 1 aliphatic carbocycles. The van der Waals surface area contributed by atoms with E-state index in [1.807, 2.05) is 12.1 Å². The molecule has 2 rings (SSSR count). The summed E-state index contributed by atoms with van der Waals surface area (Å²) in [4.78, 5) is 10.5. The highest BCUT2D eigenvalue weighted by Crippen LogP contribution is 2.39. The van der Waals surface area contributed by atoms with E-state index in [0.717, 1.165) is 5.75 Å². The van der Waals surface area contributed by atoms with Gasteiger partial charge in [0.15, 0.2) is 0 Å². The summed E-state index contributed by atoms with van der Waals surface area (Å²) in [6, 6.07) is 5.94. The molecule has 16 heavy (non-hydrogen) atoms. The SMILES string of the molecule is Cc1cccc(OC=O)c1C1CCCCC1. The lowest BCUT2D eigenvalue weighted by molar-refractivity contribution is -0.120. The zero-order valence-corrected chi connectivity index (χ0v) is 9.74. The molecule has 0 atom stereocenters. The van der Waals surface area contributed by atoms with Gasteiger partial charge in [0.05, 0.1) is 0 Å². The minimum absolute atomic E-state index is 0.529. The van der Waals surface area contributed by atoms with Crippen LogP contribution in [0.3, 0.4) is 0 Å². The summed E-state index contributed by atoms with van der Waals surface area (Å²) in [5.41, 5.74) is 2.49. The Bertz CT molecular complexity index is 365. The van der Waals surface area contributed by atoms with Gasteiger partial charge in [-0.3, -0.25) is 4.79 Å². The second-order valence-corrected chi connectivity index (χ2v) is 4.54. The van der Waals surface area contributed by atoms with Gasteiger partial charge < -0.3 is 4.74 Å². The highest BCUT2D eigenvalue weighted by atomic mass is 16.5. The predicted octanol–water partition coefficient (Wildman–Crippen LogP) is 3.58. The normalized spacial score (nSPS) is 17.1.